The second kappa shape index (κ2) is 14.2. The summed E-state index contributed by atoms with van der Waals surface area (Å²) in [5, 5.41) is 0. The summed E-state index contributed by atoms with van der Waals surface area (Å²) in [4.78, 5) is 0. The monoisotopic (exact) mass is 394 g/mol. The van der Waals surface area contributed by atoms with Gasteiger partial charge in [0.2, 0.25) is 0 Å². The van der Waals surface area contributed by atoms with Gasteiger partial charge in [0, 0.05) is 0 Å². The molecular weight excluding hydrogens is 348 g/mol. The average Bonchev–Trinajstić information content (AvgIpc) is 2.72. The van der Waals surface area contributed by atoms with Crippen molar-refractivity contribution in [1.82, 2.24) is 0 Å². The first-order chi connectivity index (χ1) is 13.8. The van der Waals surface area contributed by atoms with Crippen LogP contribution >= 0.6 is 0 Å². The molecule has 0 nitrogen and oxygen atoms in total. The minimum atomic E-state index is 0.642. The van der Waals surface area contributed by atoms with Gasteiger partial charge < -0.3 is 0 Å². The molecule has 2 aromatic carbocycles. The fourth-order valence-electron chi connectivity index (χ4n) is 3.66. The highest BCUT2D eigenvalue weighted by Gasteiger charge is 2.18. The molecule has 0 bridgehead atoms. The topological polar surface area (TPSA) is 0 Å². The Hall–Kier alpha value is -1.82. The smallest absolute Gasteiger partial charge is 0.0152 e. The van der Waals surface area contributed by atoms with E-state index >= 15 is 0 Å². The van der Waals surface area contributed by atoms with Crippen LogP contribution in [0, 0.1) is 26.2 Å². The molecule has 0 amide bonds. The van der Waals surface area contributed by atoms with E-state index in [4.69, 9.17) is 0 Å². The van der Waals surface area contributed by atoms with Crippen molar-refractivity contribution in [2.45, 2.75) is 94.4 Å². The molecule has 0 aliphatic heterocycles. The molecule has 0 N–H and O–H groups in total. The summed E-state index contributed by atoms with van der Waals surface area (Å²) in [6.45, 7) is 23.9. The molecule has 2 aromatic rings. The lowest BCUT2D eigenvalue weighted by molar-refractivity contribution is 0.255. The van der Waals surface area contributed by atoms with Crippen molar-refractivity contribution >= 4 is 5.57 Å². The van der Waals surface area contributed by atoms with E-state index in [2.05, 4.69) is 97.5 Å². The van der Waals surface area contributed by atoms with Crippen molar-refractivity contribution < 1.29 is 0 Å². The highest BCUT2D eigenvalue weighted by molar-refractivity contribution is 5.80. The van der Waals surface area contributed by atoms with E-state index in [9.17, 15) is 0 Å². The van der Waals surface area contributed by atoms with Crippen LogP contribution in [0.3, 0.4) is 0 Å². The summed E-state index contributed by atoms with van der Waals surface area (Å²) < 4.78 is 0. The van der Waals surface area contributed by atoms with Crippen LogP contribution in [0.15, 0.2) is 49.0 Å². The zero-order valence-electron chi connectivity index (χ0n) is 20.8. The maximum absolute atomic E-state index is 4.23. The second-order valence-electron chi connectivity index (χ2n) is 8.33. The van der Waals surface area contributed by atoms with E-state index in [0.29, 0.717) is 5.41 Å². The van der Waals surface area contributed by atoms with Crippen LogP contribution in [0.1, 0.15) is 101 Å². The average molecular weight is 395 g/mol. The number of aryl methyl sites for hydroxylation is 3. The highest BCUT2D eigenvalue weighted by atomic mass is 14.2. The van der Waals surface area contributed by atoms with Crippen LogP contribution in [0.25, 0.3) is 5.57 Å². The molecule has 0 heterocycles. The Morgan fingerprint density at radius 3 is 1.72 bits per heavy atom. The van der Waals surface area contributed by atoms with Crippen molar-refractivity contribution in [1.29, 1.82) is 0 Å². The summed E-state index contributed by atoms with van der Waals surface area (Å²) in [6.07, 6.45) is 6.82. The first-order valence-electron chi connectivity index (χ1n) is 11.6. The third-order valence-electron chi connectivity index (χ3n) is 5.68. The lowest BCUT2D eigenvalue weighted by Crippen LogP contribution is -2.13. The van der Waals surface area contributed by atoms with E-state index in [1.807, 2.05) is 13.8 Å². The third kappa shape index (κ3) is 9.48. The minimum absolute atomic E-state index is 0.642. The lowest BCUT2D eigenvalue weighted by Gasteiger charge is -2.27. The summed E-state index contributed by atoms with van der Waals surface area (Å²) in [5.74, 6) is 0. The molecule has 0 radical (unpaired) electrons. The van der Waals surface area contributed by atoms with Gasteiger partial charge in [0.1, 0.15) is 0 Å². The Balaban J connectivity index is 0.000000563. The zero-order chi connectivity index (χ0) is 22.4. The lowest BCUT2D eigenvalue weighted by atomic mass is 9.79. The van der Waals surface area contributed by atoms with Gasteiger partial charge in [0.05, 0.1) is 0 Å². The Morgan fingerprint density at radius 1 is 0.793 bits per heavy atom. The quantitative estimate of drug-likeness (QED) is 0.438. The van der Waals surface area contributed by atoms with Crippen LogP contribution in [0.4, 0.5) is 0 Å². The van der Waals surface area contributed by atoms with Crippen LogP contribution in [0.2, 0.25) is 0 Å². The number of hydrogen-bond donors (Lipinski definition) is 0. The number of benzene rings is 2. The fraction of sp³-hybridized carbons (Fsp3) is 0.517. The zero-order valence-corrected chi connectivity index (χ0v) is 20.8. The Kier molecular flexibility index (Phi) is 13.3. The van der Waals surface area contributed by atoms with Gasteiger partial charge in [-0.3, -0.25) is 0 Å². The highest BCUT2D eigenvalue weighted by Crippen LogP contribution is 2.32. The minimum Gasteiger partial charge on any atom is -0.0905 e. The van der Waals surface area contributed by atoms with Crippen molar-refractivity contribution in [2.24, 2.45) is 5.41 Å². The van der Waals surface area contributed by atoms with Gasteiger partial charge in [0.15, 0.2) is 0 Å². The van der Waals surface area contributed by atoms with Crippen molar-refractivity contribution in [2.75, 3.05) is 0 Å². The summed E-state index contributed by atoms with van der Waals surface area (Å²) in [5.41, 5.74) is 8.02. The summed E-state index contributed by atoms with van der Waals surface area (Å²) >= 11 is 0. The van der Waals surface area contributed by atoms with E-state index < -0.39 is 0 Å². The van der Waals surface area contributed by atoms with Gasteiger partial charge in [-0.2, -0.15) is 0 Å². The van der Waals surface area contributed by atoms with Crippen LogP contribution in [-0.4, -0.2) is 0 Å². The third-order valence-corrected chi connectivity index (χ3v) is 5.68. The standard InChI is InChI=1S/C17H18.C10H22.C2H6/c1-12-6-9-16(10-7-12)15(4)17-11-13(2)5-8-14(17)3;1-5-8-10(4,7-3)9-6-2;1-2/h5-11H,4H2,1-3H3;5-9H2,1-4H3;1-2H3. The predicted octanol–water partition coefficient (Wildman–Crippen LogP) is 9.70. The SMILES string of the molecule is C=C(c1ccc(C)cc1)c1cc(C)ccc1C.CC.CCCC(C)(CC)CCC. The normalized spacial score (nSPS) is 10.4. The molecule has 2 rings (SSSR count). The van der Waals surface area contributed by atoms with Gasteiger partial charge in [0.25, 0.3) is 0 Å². The predicted molar refractivity (Wildman–Crippen MR) is 135 cm³/mol. The molecule has 0 saturated heterocycles. The van der Waals surface area contributed by atoms with Gasteiger partial charge in [-0.1, -0.05) is 121 Å². The molecule has 0 atom stereocenters. The molecule has 0 fully saturated rings. The van der Waals surface area contributed by atoms with Crippen molar-refractivity contribution in [3.05, 3.63) is 76.9 Å². The Morgan fingerprint density at radius 2 is 1.28 bits per heavy atom. The van der Waals surface area contributed by atoms with Gasteiger partial charge in [-0.05, 0) is 61.3 Å². The second-order valence-corrected chi connectivity index (χ2v) is 8.33. The molecule has 0 aliphatic rings. The molecule has 0 heteroatoms. The fourth-order valence-corrected chi connectivity index (χ4v) is 3.66. The first-order valence-corrected chi connectivity index (χ1v) is 11.6. The molecular formula is C29H46. The maximum atomic E-state index is 4.23. The Bertz CT molecular complexity index is 697. The van der Waals surface area contributed by atoms with Crippen LogP contribution in [0.5, 0.6) is 0 Å². The van der Waals surface area contributed by atoms with Gasteiger partial charge in [-0.25, -0.2) is 0 Å². The van der Waals surface area contributed by atoms with Gasteiger partial charge >= 0.3 is 0 Å². The molecule has 0 saturated carbocycles. The Labute approximate surface area is 182 Å². The van der Waals surface area contributed by atoms with E-state index in [-0.39, 0.29) is 0 Å². The molecule has 0 aliphatic carbocycles. The maximum Gasteiger partial charge on any atom is -0.0152 e. The van der Waals surface area contributed by atoms with E-state index in [0.717, 1.165) is 5.57 Å². The molecule has 0 aromatic heterocycles. The molecule has 29 heavy (non-hydrogen) atoms. The number of rotatable bonds is 7. The van der Waals surface area contributed by atoms with Crippen LogP contribution < -0.4 is 0 Å². The van der Waals surface area contributed by atoms with Crippen molar-refractivity contribution in [3.8, 4) is 0 Å². The summed E-state index contributed by atoms with van der Waals surface area (Å²) in [7, 11) is 0. The molecule has 0 spiro atoms. The number of hydrogen-bond acceptors (Lipinski definition) is 0. The summed E-state index contributed by atoms with van der Waals surface area (Å²) in [6, 6.07) is 15.0. The molecule has 162 valence electrons. The van der Waals surface area contributed by atoms with Gasteiger partial charge in [-0.15, -0.1) is 0 Å². The first kappa shape index (κ1) is 27.2. The van der Waals surface area contributed by atoms with Crippen LogP contribution in [-0.2, 0) is 0 Å². The molecule has 0 unspecified atom stereocenters. The largest absolute Gasteiger partial charge is 0.0905 e. The van der Waals surface area contributed by atoms with E-state index in [1.54, 1.807) is 0 Å². The van der Waals surface area contributed by atoms with E-state index in [1.165, 1.54) is 59.9 Å². The van der Waals surface area contributed by atoms with Crippen molar-refractivity contribution in [3.63, 3.8) is 0 Å².